The van der Waals surface area contributed by atoms with Crippen LogP contribution in [0.15, 0.2) is 0 Å². The van der Waals surface area contributed by atoms with Gasteiger partial charge in [0.15, 0.2) is 0 Å². The van der Waals surface area contributed by atoms with E-state index in [0.29, 0.717) is 0 Å². The van der Waals surface area contributed by atoms with Crippen molar-refractivity contribution in [1.82, 2.24) is 10.0 Å². The predicted molar refractivity (Wildman–Crippen MR) is 84.0 cm³/mol. The molecular formula is C14H30N4O4. The van der Waals surface area contributed by atoms with E-state index >= 15 is 0 Å². The number of carbonyl (C=O) groups excluding carboxylic acids is 2. The number of amides is 2. The van der Waals surface area contributed by atoms with E-state index in [0.717, 1.165) is 10.0 Å². The van der Waals surface area contributed by atoms with Crippen LogP contribution in [0.4, 0.5) is 9.59 Å². The molecule has 0 rings (SSSR count). The van der Waals surface area contributed by atoms with Crippen LogP contribution in [0.5, 0.6) is 0 Å². The fourth-order valence-electron chi connectivity index (χ4n) is 1.49. The summed E-state index contributed by atoms with van der Waals surface area (Å²) in [5, 5.41) is 2.26. The van der Waals surface area contributed by atoms with E-state index in [1.807, 2.05) is 0 Å². The summed E-state index contributed by atoms with van der Waals surface area (Å²) in [6.07, 6.45) is -1.34. The molecule has 0 spiro atoms. The highest BCUT2D eigenvalue weighted by atomic mass is 16.6. The van der Waals surface area contributed by atoms with E-state index in [2.05, 4.69) is 0 Å². The number of rotatable bonds is 4. The Hall–Kier alpha value is -1.54. The van der Waals surface area contributed by atoms with Crippen LogP contribution in [0.2, 0.25) is 0 Å². The van der Waals surface area contributed by atoms with Gasteiger partial charge in [-0.2, -0.15) is 0 Å². The zero-order valence-corrected chi connectivity index (χ0v) is 14.5. The van der Waals surface area contributed by atoms with Gasteiger partial charge in [-0.1, -0.05) is 0 Å². The molecule has 8 heteroatoms. The molecule has 0 aliphatic heterocycles. The predicted octanol–water partition coefficient (Wildman–Crippen LogP) is 1.29. The van der Waals surface area contributed by atoms with Crippen LogP contribution < -0.4 is 11.5 Å². The molecule has 0 aromatic carbocycles. The Kier molecular flexibility index (Phi) is 7.61. The molecule has 0 aliphatic carbocycles. The van der Waals surface area contributed by atoms with Crippen LogP contribution in [0.25, 0.3) is 0 Å². The van der Waals surface area contributed by atoms with Crippen molar-refractivity contribution in [2.45, 2.75) is 52.7 Å². The van der Waals surface area contributed by atoms with Crippen molar-refractivity contribution in [2.75, 3.05) is 26.2 Å². The lowest BCUT2D eigenvalue weighted by molar-refractivity contribution is -0.0604. The van der Waals surface area contributed by atoms with Gasteiger partial charge in [0.2, 0.25) is 0 Å². The second-order valence-corrected chi connectivity index (χ2v) is 6.78. The molecule has 0 atom stereocenters. The van der Waals surface area contributed by atoms with E-state index in [1.165, 1.54) is 0 Å². The Bertz CT molecular complexity index is 338. The highest BCUT2D eigenvalue weighted by Crippen LogP contribution is 2.15. The van der Waals surface area contributed by atoms with Gasteiger partial charge in [-0.05, 0) is 41.5 Å². The Morgan fingerprint density at radius 3 is 1.23 bits per heavy atom. The lowest BCUT2D eigenvalue weighted by Crippen LogP contribution is -2.55. The summed E-state index contributed by atoms with van der Waals surface area (Å²) < 4.78 is 10.6. The van der Waals surface area contributed by atoms with E-state index in [9.17, 15) is 9.59 Å². The fraction of sp³-hybridized carbons (Fsp3) is 0.857. The number of hydrogen-bond donors (Lipinski definition) is 2. The van der Waals surface area contributed by atoms with Gasteiger partial charge in [0.05, 0.1) is 13.1 Å². The van der Waals surface area contributed by atoms with Crippen molar-refractivity contribution in [3.05, 3.63) is 0 Å². The van der Waals surface area contributed by atoms with E-state index in [1.54, 1.807) is 41.5 Å². The topological polar surface area (TPSA) is 111 Å². The third-order valence-corrected chi connectivity index (χ3v) is 2.18. The summed E-state index contributed by atoms with van der Waals surface area (Å²) >= 11 is 0. The van der Waals surface area contributed by atoms with E-state index < -0.39 is 23.4 Å². The number of nitrogens with zero attached hydrogens (tertiary/aromatic N) is 2. The molecule has 4 N–H and O–H groups in total. The molecule has 0 fully saturated rings. The molecule has 0 saturated carbocycles. The Balaban J connectivity index is 5.25. The van der Waals surface area contributed by atoms with Crippen LogP contribution in [-0.4, -0.2) is 59.6 Å². The molecule has 0 radical (unpaired) electrons. The second-order valence-electron chi connectivity index (χ2n) is 6.78. The van der Waals surface area contributed by atoms with Gasteiger partial charge >= 0.3 is 12.2 Å². The minimum Gasteiger partial charge on any atom is -0.442 e. The smallest absolute Gasteiger partial charge is 0.429 e. The summed E-state index contributed by atoms with van der Waals surface area (Å²) in [6, 6.07) is 0. The molecule has 0 bridgehead atoms. The number of hydrogen-bond acceptors (Lipinski definition) is 6. The zero-order chi connectivity index (χ0) is 17.6. The minimum absolute atomic E-state index is 0.119. The standard InChI is InChI=1S/C14H30N4O4/c1-13(2,3)21-11(19)17(9-7-15)18(10-8-16)12(20)22-14(4,5)6/h7-10,15-16H2,1-6H3. The molecule has 0 saturated heterocycles. The van der Waals surface area contributed by atoms with Gasteiger partial charge in [0.1, 0.15) is 11.2 Å². The number of hydrazine groups is 1. The Morgan fingerprint density at radius 1 is 0.773 bits per heavy atom. The molecule has 8 nitrogen and oxygen atoms in total. The summed E-state index contributed by atoms with van der Waals surface area (Å²) in [7, 11) is 0. The van der Waals surface area contributed by atoms with Crippen LogP contribution >= 0.6 is 0 Å². The van der Waals surface area contributed by atoms with Crippen molar-refractivity contribution in [3.63, 3.8) is 0 Å². The second kappa shape index (κ2) is 8.19. The maximum Gasteiger partial charge on any atom is 0.429 e. The number of carbonyl (C=O) groups is 2. The van der Waals surface area contributed by atoms with Gasteiger partial charge < -0.3 is 20.9 Å². The highest BCUT2D eigenvalue weighted by molar-refractivity contribution is 5.74. The average molecular weight is 318 g/mol. The molecule has 0 aromatic rings. The first-order valence-corrected chi connectivity index (χ1v) is 7.32. The van der Waals surface area contributed by atoms with Crippen LogP contribution in [0.1, 0.15) is 41.5 Å². The Labute approximate surface area is 132 Å². The van der Waals surface area contributed by atoms with E-state index in [4.69, 9.17) is 20.9 Å². The van der Waals surface area contributed by atoms with Gasteiger partial charge in [-0.25, -0.2) is 19.6 Å². The van der Waals surface area contributed by atoms with Crippen molar-refractivity contribution in [3.8, 4) is 0 Å². The van der Waals surface area contributed by atoms with Crippen LogP contribution in [0.3, 0.4) is 0 Å². The van der Waals surface area contributed by atoms with Gasteiger partial charge in [-0.15, -0.1) is 0 Å². The molecule has 2 amide bonds. The molecule has 0 aromatic heterocycles. The first-order valence-electron chi connectivity index (χ1n) is 7.32. The SMILES string of the molecule is CC(C)(C)OC(=O)N(CCN)N(CCN)C(=O)OC(C)(C)C. The summed E-state index contributed by atoms with van der Waals surface area (Å²) in [5.41, 5.74) is 9.69. The molecule has 0 aliphatic rings. The third-order valence-electron chi connectivity index (χ3n) is 2.18. The van der Waals surface area contributed by atoms with Gasteiger partial charge in [0, 0.05) is 13.1 Å². The highest BCUT2D eigenvalue weighted by Gasteiger charge is 2.32. The van der Waals surface area contributed by atoms with Crippen molar-refractivity contribution >= 4 is 12.2 Å². The maximum absolute atomic E-state index is 12.3. The summed E-state index contributed by atoms with van der Waals surface area (Å²) in [5.74, 6) is 0. The molecule has 0 heterocycles. The van der Waals surface area contributed by atoms with Gasteiger partial charge in [-0.3, -0.25) is 0 Å². The first-order chi connectivity index (χ1) is 9.91. The normalized spacial score (nSPS) is 11.8. The molecule has 0 unspecified atom stereocenters. The van der Waals surface area contributed by atoms with Crippen molar-refractivity contribution in [2.24, 2.45) is 11.5 Å². The average Bonchev–Trinajstić information content (AvgIpc) is 2.29. The molecule has 22 heavy (non-hydrogen) atoms. The molecule has 130 valence electrons. The number of nitrogens with two attached hydrogens (primary N) is 2. The Morgan fingerprint density at radius 2 is 1.05 bits per heavy atom. The molecular weight excluding hydrogens is 288 g/mol. The van der Waals surface area contributed by atoms with Crippen LogP contribution in [0, 0.1) is 0 Å². The largest absolute Gasteiger partial charge is 0.442 e. The van der Waals surface area contributed by atoms with Crippen molar-refractivity contribution < 1.29 is 19.1 Å². The summed E-state index contributed by atoms with van der Waals surface area (Å²) in [4.78, 5) is 24.6. The number of ether oxygens (including phenoxy) is 2. The van der Waals surface area contributed by atoms with Gasteiger partial charge in [0.25, 0.3) is 0 Å². The zero-order valence-electron chi connectivity index (χ0n) is 14.5. The quantitative estimate of drug-likeness (QED) is 0.756. The third kappa shape index (κ3) is 8.04. The monoisotopic (exact) mass is 318 g/mol. The lowest BCUT2D eigenvalue weighted by Gasteiger charge is -2.36. The van der Waals surface area contributed by atoms with E-state index in [-0.39, 0.29) is 26.2 Å². The maximum atomic E-state index is 12.3. The fourth-order valence-corrected chi connectivity index (χ4v) is 1.49. The van der Waals surface area contributed by atoms with Crippen LogP contribution in [-0.2, 0) is 9.47 Å². The minimum atomic E-state index is -0.688. The van der Waals surface area contributed by atoms with Crippen molar-refractivity contribution in [1.29, 1.82) is 0 Å². The first kappa shape index (κ1) is 20.5. The lowest BCUT2D eigenvalue weighted by atomic mass is 10.2. The summed E-state index contributed by atoms with van der Waals surface area (Å²) in [6.45, 7) is 11.0.